The Morgan fingerprint density at radius 2 is 0.372 bits per heavy atom. The van der Waals surface area contributed by atoms with Crippen LogP contribution in [0.5, 0.6) is 0 Å². The highest BCUT2D eigenvalue weighted by molar-refractivity contribution is 6.09. The quantitative estimate of drug-likeness (QED) is 0.120. The molecule has 0 N–H and O–H groups in total. The molecule has 6 heterocycles. The van der Waals surface area contributed by atoms with Gasteiger partial charge >= 0.3 is 0 Å². The van der Waals surface area contributed by atoms with Crippen molar-refractivity contribution < 1.29 is 0 Å². The van der Waals surface area contributed by atoms with Crippen LogP contribution >= 0.6 is 0 Å². The normalized spacial score (nSPS) is 11.1. The molecule has 0 amide bonds. The fraction of sp³-hybridized carbons (Fsp3) is 0. The largest absolute Gasteiger partial charge is 0.252 e. The molecule has 6 aromatic heterocycles. The average molecular weight is 1890 g/mol. The van der Waals surface area contributed by atoms with Gasteiger partial charge in [-0.15, -0.1) is 0 Å². The molecule has 0 fully saturated rings. The van der Waals surface area contributed by atoms with E-state index in [4.69, 9.17) is 49.8 Å². The second-order valence-electron chi connectivity index (χ2n) is 36.2. The lowest BCUT2D eigenvalue weighted by Crippen LogP contribution is -1.94. The van der Waals surface area contributed by atoms with Gasteiger partial charge in [0.1, 0.15) is 0 Å². The Hall–Kier alpha value is -20.1. The smallest absolute Gasteiger partial charge is 0.160 e. The van der Waals surface area contributed by atoms with E-state index < -0.39 is 0 Å². The van der Waals surface area contributed by atoms with Crippen molar-refractivity contribution in [3.05, 3.63) is 547 Å². The van der Waals surface area contributed by atoms with Gasteiger partial charge in [-0.25, -0.2) is 34.9 Å². The first-order valence-electron chi connectivity index (χ1n) is 49.4. The number of fused-ring (bicyclic) bond motifs is 18. The van der Waals surface area contributed by atoms with Crippen LogP contribution in [0.25, 0.3) is 254 Å². The average Bonchev–Trinajstić information content (AvgIpc) is 0.432. The van der Waals surface area contributed by atoms with Crippen LogP contribution in [-0.4, -0.2) is 59.8 Å². The van der Waals surface area contributed by atoms with E-state index >= 15 is 0 Å². The van der Waals surface area contributed by atoms with Crippen LogP contribution in [0.2, 0.25) is 0 Å². The van der Waals surface area contributed by atoms with Gasteiger partial charge < -0.3 is 0 Å². The molecule has 23 aromatic carbocycles. The number of nitrogens with zero attached hydrogens (tertiary/aromatic N) is 12. The monoisotopic (exact) mass is 1890 g/mol. The topological polar surface area (TPSA) is 155 Å². The van der Waals surface area contributed by atoms with Crippen molar-refractivity contribution in [3.8, 4) is 112 Å². The summed E-state index contributed by atoms with van der Waals surface area (Å²) in [7, 11) is 0. The van der Waals surface area contributed by atoms with Crippen molar-refractivity contribution in [2.45, 2.75) is 0 Å². The Morgan fingerprint density at radius 3 is 0.777 bits per heavy atom. The summed E-state index contributed by atoms with van der Waals surface area (Å²) in [5.41, 5.74) is 30.6. The molecule has 0 radical (unpaired) electrons. The summed E-state index contributed by atoms with van der Waals surface area (Å²) in [5, 5.41) is 17.6. The molecule has 0 saturated heterocycles. The van der Waals surface area contributed by atoms with Crippen LogP contribution in [0, 0.1) is 0 Å². The van der Waals surface area contributed by atoms with Crippen molar-refractivity contribution in [1.82, 2.24) is 59.8 Å². The molecular weight excluding hydrogens is 1800 g/mol. The van der Waals surface area contributed by atoms with Gasteiger partial charge in [0.05, 0.1) is 126 Å². The first-order chi connectivity index (χ1) is 73.3. The molecular formula is C136H90N12. The lowest BCUT2D eigenvalue weighted by atomic mass is 10.0. The van der Waals surface area contributed by atoms with Crippen LogP contribution in [0.3, 0.4) is 0 Å². The minimum atomic E-state index is 0.762. The van der Waals surface area contributed by atoms with Gasteiger partial charge in [0.15, 0.2) is 5.82 Å². The number of aromatic nitrogens is 12. The molecule has 0 bridgehead atoms. The van der Waals surface area contributed by atoms with Crippen molar-refractivity contribution in [3.63, 3.8) is 0 Å². The molecule has 0 aliphatic rings. The second kappa shape index (κ2) is 41.6. The minimum Gasteiger partial charge on any atom is -0.252 e. The van der Waals surface area contributed by atoms with Gasteiger partial charge in [-0.1, -0.05) is 461 Å². The van der Waals surface area contributed by atoms with E-state index in [0.29, 0.717) is 0 Å². The van der Waals surface area contributed by atoms with E-state index in [1.807, 2.05) is 189 Å². The molecule has 0 saturated carbocycles. The zero-order valence-electron chi connectivity index (χ0n) is 80.3. The van der Waals surface area contributed by atoms with Crippen LogP contribution in [0.4, 0.5) is 0 Å². The highest BCUT2D eigenvalue weighted by Gasteiger charge is 2.17. The maximum absolute atomic E-state index is 4.92. The number of para-hydroxylation sites is 1. The summed E-state index contributed by atoms with van der Waals surface area (Å²) in [6.07, 6.45) is 9.33. The Morgan fingerprint density at radius 1 is 0.115 bits per heavy atom. The lowest BCUT2D eigenvalue weighted by molar-refractivity contribution is 1.23. The van der Waals surface area contributed by atoms with Gasteiger partial charge in [-0.2, -0.15) is 0 Å². The molecule has 694 valence electrons. The summed E-state index contributed by atoms with van der Waals surface area (Å²) in [6.45, 7) is 0. The molecule has 0 aliphatic carbocycles. The Bertz CT molecular complexity index is 9920. The summed E-state index contributed by atoms with van der Waals surface area (Å²) in [4.78, 5) is 57.3. The van der Waals surface area contributed by atoms with Crippen molar-refractivity contribution >= 4 is 141 Å². The maximum Gasteiger partial charge on any atom is 0.160 e. The number of hydrogen-bond acceptors (Lipinski definition) is 12. The van der Waals surface area contributed by atoms with Crippen LogP contribution in [0.1, 0.15) is 0 Å². The number of benzene rings is 23. The second-order valence-corrected chi connectivity index (χ2v) is 36.2. The van der Waals surface area contributed by atoms with E-state index in [-0.39, 0.29) is 0 Å². The summed E-state index contributed by atoms with van der Waals surface area (Å²) in [5.74, 6) is 0.762. The van der Waals surface area contributed by atoms with Crippen LogP contribution < -0.4 is 0 Å². The summed E-state index contributed by atoms with van der Waals surface area (Å²) in [6, 6.07) is 177. The molecule has 148 heavy (non-hydrogen) atoms. The third-order valence-corrected chi connectivity index (χ3v) is 26.8. The number of hydrogen-bond donors (Lipinski definition) is 0. The maximum atomic E-state index is 4.92. The van der Waals surface area contributed by atoms with Gasteiger partial charge in [0.2, 0.25) is 0 Å². The molecule has 29 aromatic rings. The third kappa shape index (κ3) is 19.4. The van der Waals surface area contributed by atoms with E-state index in [1.54, 1.807) is 0 Å². The van der Waals surface area contributed by atoms with Crippen molar-refractivity contribution in [2.24, 2.45) is 0 Å². The molecule has 0 unspecified atom stereocenters. The SMILES string of the molecule is c1ccc(-c2ccc(-c3cnc4c(ccc5ccccc54)n3)cc2)cc1.c1ccc(-c2ccc(-c3cnc4ccc5ccccc5c4n3)cc2)cc1.c1ccc(-c2cccc(-c3cnc4c(ccc5ccccc54)n3)c2)cc1.c1ccc(-c2nc(-c3ccccc3)c3ccccc3n2)cc1.c1ccc2cc(-c3cnc4c(ccc5ccccc54)n3)ccc2c1.c1ccc2cc(-c3cnc4ccc5ccccc5c4n3)ccc2c1. The molecule has 0 spiro atoms. The van der Waals surface area contributed by atoms with E-state index in [2.05, 4.69) is 368 Å². The molecule has 29 rings (SSSR count). The van der Waals surface area contributed by atoms with Gasteiger partial charge in [0, 0.05) is 71.3 Å². The standard InChI is InChI=1S/3C24H16N2.2C22H14N2.C20H14N2/c1-2-7-17(8-3-1)19-10-6-11-20(15-19)23-16-25-24-21-12-5-4-9-18(21)13-14-22(24)26-23;1-2-6-17(7-3-1)18-10-12-20(13-11-18)23-16-25-24-21-9-5-4-8-19(21)14-15-22(24)26-23;1-2-6-17(7-3-1)18-10-12-20(13-11-18)23-16-25-22-15-14-19-8-4-5-9-21(19)24(22)26-23;1-2-7-17-13-18(10-9-15(17)5-1)21-14-23-22-19-8-4-3-6-16(19)11-12-20(22)24-21;1-2-7-17-13-18(10-9-15(17)5-1)21-14-23-20-12-11-16-6-3-4-8-19(16)22(20)24-21;1-3-9-15(10-4-1)19-17-13-7-8-14-18(17)21-20(22-19)16-11-5-2-6-12-16/h3*1-16H;2*1-14H;1-14H. The van der Waals surface area contributed by atoms with E-state index in [0.717, 1.165) is 172 Å². The fourth-order valence-corrected chi connectivity index (χ4v) is 19.2. The zero-order valence-corrected chi connectivity index (χ0v) is 80.3. The molecule has 12 nitrogen and oxygen atoms in total. The minimum absolute atomic E-state index is 0.762. The molecule has 0 aliphatic heterocycles. The Balaban J connectivity index is 0.0000000949. The van der Waals surface area contributed by atoms with Crippen LogP contribution in [0.15, 0.2) is 547 Å². The predicted molar refractivity (Wildman–Crippen MR) is 614 cm³/mol. The first kappa shape index (κ1) is 90.5. The van der Waals surface area contributed by atoms with Gasteiger partial charge in [-0.05, 0) is 136 Å². The molecule has 12 heteroatoms. The predicted octanol–water partition coefficient (Wildman–Crippen LogP) is 34.5. The number of rotatable bonds is 10. The summed E-state index contributed by atoms with van der Waals surface area (Å²) >= 11 is 0. The zero-order chi connectivity index (χ0) is 98.7. The highest BCUT2D eigenvalue weighted by atomic mass is 14.9. The Labute approximate surface area is 854 Å². The molecule has 0 atom stereocenters. The van der Waals surface area contributed by atoms with Crippen LogP contribution in [-0.2, 0) is 0 Å². The summed E-state index contributed by atoms with van der Waals surface area (Å²) < 4.78 is 0. The highest BCUT2D eigenvalue weighted by Crippen LogP contribution is 2.38. The lowest BCUT2D eigenvalue weighted by Gasteiger charge is -2.09. The fourth-order valence-electron chi connectivity index (χ4n) is 19.2. The third-order valence-electron chi connectivity index (χ3n) is 26.8. The van der Waals surface area contributed by atoms with Crippen molar-refractivity contribution in [2.75, 3.05) is 0 Å². The van der Waals surface area contributed by atoms with Gasteiger partial charge in [0.25, 0.3) is 0 Å². The Kier molecular flexibility index (Phi) is 25.4. The van der Waals surface area contributed by atoms with E-state index in [1.165, 1.54) is 81.9 Å². The first-order valence-corrected chi connectivity index (χ1v) is 49.4. The van der Waals surface area contributed by atoms with Crippen molar-refractivity contribution in [1.29, 1.82) is 0 Å². The van der Waals surface area contributed by atoms with E-state index in [9.17, 15) is 0 Å². The van der Waals surface area contributed by atoms with Gasteiger partial charge in [-0.3, -0.25) is 24.9 Å².